The van der Waals surface area contributed by atoms with Crippen LogP contribution in [0.3, 0.4) is 0 Å². The van der Waals surface area contributed by atoms with Gasteiger partial charge in [0.15, 0.2) is 0 Å². The first-order valence-electron chi connectivity index (χ1n) is 4.72. The van der Waals surface area contributed by atoms with Gasteiger partial charge in [-0.25, -0.2) is 9.59 Å². The van der Waals surface area contributed by atoms with Crippen molar-refractivity contribution in [1.29, 1.82) is 0 Å². The van der Waals surface area contributed by atoms with Gasteiger partial charge in [0.25, 0.3) is 0 Å². The molecule has 0 unspecified atom stereocenters. The fraction of sp³-hybridized carbons (Fsp3) is 0.750. The number of hydrogen-bond donors (Lipinski definition) is 3. The number of carbonyl (C=O) groups excluding carboxylic acids is 2. The third-order valence-corrected chi connectivity index (χ3v) is 2.06. The Morgan fingerprint density at radius 2 is 2.43 bits per heavy atom. The average molecular weight is 200 g/mol. The predicted octanol–water partition coefficient (Wildman–Crippen LogP) is -0.669. The van der Waals surface area contributed by atoms with Crippen molar-refractivity contribution in [2.24, 2.45) is 0 Å². The average Bonchev–Trinajstić information content (AvgIpc) is 2.58. The topological polar surface area (TPSA) is 73.5 Å². The Bertz CT molecular complexity index is 219. The molecule has 1 rings (SSSR count). The fourth-order valence-corrected chi connectivity index (χ4v) is 1.28. The van der Waals surface area contributed by atoms with Crippen molar-refractivity contribution in [3.05, 3.63) is 0 Å². The highest BCUT2D eigenvalue weighted by molar-refractivity contribution is 5.76. The standard InChI is InChI=1S/C8H16N4O2/c1-9-7(13)10-3-2-5-12-6-4-11-8(12)14/h2-6H2,1H3,(H,11,14)(H2,9,10,13). The Morgan fingerprint density at radius 1 is 1.64 bits per heavy atom. The minimum atomic E-state index is -0.184. The van der Waals surface area contributed by atoms with Gasteiger partial charge in [-0.15, -0.1) is 0 Å². The van der Waals surface area contributed by atoms with E-state index in [-0.39, 0.29) is 12.1 Å². The Kier molecular flexibility index (Phi) is 4.03. The summed E-state index contributed by atoms with van der Waals surface area (Å²) in [5.74, 6) is 0. The lowest BCUT2D eigenvalue weighted by Crippen LogP contribution is -2.35. The number of amides is 4. The van der Waals surface area contributed by atoms with Crippen molar-refractivity contribution in [1.82, 2.24) is 20.9 Å². The van der Waals surface area contributed by atoms with Crippen LogP contribution in [0.5, 0.6) is 0 Å². The van der Waals surface area contributed by atoms with Crippen LogP contribution in [-0.2, 0) is 0 Å². The van der Waals surface area contributed by atoms with Gasteiger partial charge in [0.2, 0.25) is 0 Å². The lowest BCUT2D eigenvalue weighted by molar-refractivity contribution is 0.216. The molecule has 1 aliphatic heterocycles. The zero-order valence-corrected chi connectivity index (χ0v) is 8.30. The van der Waals surface area contributed by atoms with E-state index in [1.807, 2.05) is 0 Å². The summed E-state index contributed by atoms with van der Waals surface area (Å²) in [7, 11) is 1.57. The molecule has 0 aliphatic carbocycles. The molecule has 0 aromatic heterocycles. The van der Waals surface area contributed by atoms with E-state index in [1.165, 1.54) is 0 Å². The largest absolute Gasteiger partial charge is 0.341 e. The van der Waals surface area contributed by atoms with Gasteiger partial charge in [-0.1, -0.05) is 0 Å². The minimum Gasteiger partial charge on any atom is -0.341 e. The SMILES string of the molecule is CNC(=O)NCCCN1CCNC1=O. The zero-order chi connectivity index (χ0) is 10.4. The van der Waals surface area contributed by atoms with Crippen molar-refractivity contribution >= 4 is 12.1 Å². The monoisotopic (exact) mass is 200 g/mol. The Hall–Kier alpha value is -1.46. The van der Waals surface area contributed by atoms with Gasteiger partial charge in [-0.3, -0.25) is 0 Å². The second kappa shape index (κ2) is 5.31. The van der Waals surface area contributed by atoms with Gasteiger partial charge in [0.05, 0.1) is 0 Å². The molecule has 1 saturated heterocycles. The Labute approximate surface area is 83.0 Å². The van der Waals surface area contributed by atoms with Crippen LogP contribution < -0.4 is 16.0 Å². The summed E-state index contributed by atoms with van der Waals surface area (Å²) in [5, 5.41) is 7.84. The van der Waals surface area contributed by atoms with Crippen molar-refractivity contribution in [2.45, 2.75) is 6.42 Å². The second-order valence-electron chi connectivity index (χ2n) is 3.08. The highest BCUT2D eigenvalue weighted by atomic mass is 16.2. The highest BCUT2D eigenvalue weighted by Crippen LogP contribution is 1.96. The normalized spacial score (nSPS) is 15.2. The molecular formula is C8H16N4O2. The van der Waals surface area contributed by atoms with E-state index in [0.717, 1.165) is 19.5 Å². The van der Waals surface area contributed by atoms with Crippen LogP contribution in [0.2, 0.25) is 0 Å². The van der Waals surface area contributed by atoms with Crippen molar-refractivity contribution < 1.29 is 9.59 Å². The first-order valence-corrected chi connectivity index (χ1v) is 4.72. The summed E-state index contributed by atoms with van der Waals surface area (Å²) in [6.07, 6.45) is 0.779. The van der Waals surface area contributed by atoms with Crippen LogP contribution in [0.4, 0.5) is 9.59 Å². The van der Waals surface area contributed by atoms with Crippen molar-refractivity contribution in [3.63, 3.8) is 0 Å². The van der Waals surface area contributed by atoms with Crippen LogP contribution in [-0.4, -0.2) is 50.2 Å². The summed E-state index contributed by atoms with van der Waals surface area (Å²) in [6, 6.07) is -0.194. The molecule has 0 bridgehead atoms. The predicted molar refractivity (Wildman–Crippen MR) is 52.0 cm³/mol. The fourth-order valence-electron chi connectivity index (χ4n) is 1.28. The molecule has 0 saturated carbocycles. The summed E-state index contributed by atoms with van der Waals surface area (Å²) < 4.78 is 0. The molecule has 4 amide bonds. The van der Waals surface area contributed by atoms with E-state index in [0.29, 0.717) is 13.1 Å². The number of nitrogens with zero attached hydrogens (tertiary/aromatic N) is 1. The van der Waals surface area contributed by atoms with Crippen LogP contribution in [0.25, 0.3) is 0 Å². The number of carbonyl (C=O) groups is 2. The molecular weight excluding hydrogens is 184 g/mol. The zero-order valence-electron chi connectivity index (χ0n) is 8.30. The van der Waals surface area contributed by atoms with Gasteiger partial charge >= 0.3 is 12.1 Å². The van der Waals surface area contributed by atoms with Crippen molar-refractivity contribution in [2.75, 3.05) is 33.2 Å². The number of rotatable bonds is 4. The lowest BCUT2D eigenvalue weighted by atomic mass is 10.4. The Balaban J connectivity index is 2.03. The van der Waals surface area contributed by atoms with Gasteiger partial charge in [0.1, 0.15) is 0 Å². The molecule has 6 heteroatoms. The molecule has 1 aliphatic rings. The summed E-state index contributed by atoms with van der Waals surface area (Å²) >= 11 is 0. The summed E-state index contributed by atoms with van der Waals surface area (Å²) in [4.78, 5) is 23.6. The van der Waals surface area contributed by atoms with Crippen molar-refractivity contribution in [3.8, 4) is 0 Å². The highest BCUT2D eigenvalue weighted by Gasteiger charge is 2.17. The number of hydrogen-bond acceptors (Lipinski definition) is 2. The molecule has 0 atom stereocenters. The quantitative estimate of drug-likeness (QED) is 0.527. The molecule has 0 spiro atoms. The maximum Gasteiger partial charge on any atom is 0.317 e. The molecule has 1 fully saturated rings. The van der Waals surface area contributed by atoms with Crippen LogP contribution in [0.1, 0.15) is 6.42 Å². The second-order valence-corrected chi connectivity index (χ2v) is 3.08. The molecule has 3 N–H and O–H groups in total. The summed E-state index contributed by atoms with van der Waals surface area (Å²) in [5.41, 5.74) is 0. The van der Waals surface area contributed by atoms with Crippen LogP contribution in [0.15, 0.2) is 0 Å². The van der Waals surface area contributed by atoms with E-state index in [1.54, 1.807) is 11.9 Å². The van der Waals surface area contributed by atoms with E-state index in [4.69, 9.17) is 0 Å². The maximum absolute atomic E-state index is 11.1. The molecule has 6 nitrogen and oxygen atoms in total. The van der Waals surface area contributed by atoms with Gasteiger partial charge in [0, 0.05) is 33.2 Å². The third-order valence-electron chi connectivity index (χ3n) is 2.06. The first kappa shape index (κ1) is 10.6. The number of nitrogens with one attached hydrogen (secondary N) is 3. The van der Waals surface area contributed by atoms with Gasteiger partial charge in [-0.2, -0.15) is 0 Å². The van der Waals surface area contributed by atoms with Gasteiger partial charge < -0.3 is 20.9 Å². The Morgan fingerprint density at radius 3 is 3.00 bits per heavy atom. The first-order chi connectivity index (χ1) is 6.74. The van der Waals surface area contributed by atoms with Crippen LogP contribution in [0, 0.1) is 0 Å². The lowest BCUT2D eigenvalue weighted by Gasteiger charge is -2.13. The smallest absolute Gasteiger partial charge is 0.317 e. The summed E-state index contributed by atoms with van der Waals surface area (Å²) in [6.45, 7) is 2.76. The van der Waals surface area contributed by atoms with Gasteiger partial charge in [-0.05, 0) is 6.42 Å². The van der Waals surface area contributed by atoms with Crippen LogP contribution >= 0.6 is 0 Å². The molecule has 0 aromatic rings. The third kappa shape index (κ3) is 3.12. The minimum absolute atomic E-state index is 0.00931. The molecule has 80 valence electrons. The van der Waals surface area contributed by atoms with E-state index in [9.17, 15) is 9.59 Å². The molecule has 1 heterocycles. The number of urea groups is 2. The van der Waals surface area contributed by atoms with E-state index >= 15 is 0 Å². The van der Waals surface area contributed by atoms with E-state index < -0.39 is 0 Å². The molecule has 14 heavy (non-hydrogen) atoms. The van der Waals surface area contributed by atoms with E-state index in [2.05, 4.69) is 16.0 Å². The maximum atomic E-state index is 11.1. The molecule has 0 aromatic carbocycles. The molecule has 0 radical (unpaired) electrons.